The van der Waals surface area contributed by atoms with Gasteiger partial charge in [0, 0.05) is 5.92 Å². The monoisotopic (exact) mass is 146 g/mol. The van der Waals surface area contributed by atoms with E-state index in [9.17, 15) is 8.78 Å². The Morgan fingerprint density at radius 1 is 1.20 bits per heavy atom. The predicted octanol–water partition coefficient (Wildman–Crippen LogP) is 2.34. The SMILES string of the molecule is FCC1C2CCC(C2)C1F. The van der Waals surface area contributed by atoms with Crippen LogP contribution in [0, 0.1) is 17.8 Å². The van der Waals surface area contributed by atoms with Crippen molar-refractivity contribution in [2.45, 2.75) is 25.4 Å². The molecule has 0 aromatic rings. The van der Waals surface area contributed by atoms with Gasteiger partial charge in [-0.1, -0.05) is 0 Å². The highest BCUT2D eigenvalue weighted by atomic mass is 19.1. The largest absolute Gasteiger partial charge is 0.251 e. The van der Waals surface area contributed by atoms with Crippen molar-refractivity contribution in [3.63, 3.8) is 0 Å². The fourth-order valence-electron chi connectivity index (χ4n) is 2.55. The molecule has 2 bridgehead atoms. The number of hydrogen-bond acceptors (Lipinski definition) is 0. The molecule has 2 fully saturated rings. The first-order valence-electron chi connectivity index (χ1n) is 4.03. The van der Waals surface area contributed by atoms with Crippen LogP contribution in [0.5, 0.6) is 0 Å². The lowest BCUT2D eigenvalue weighted by Gasteiger charge is -2.22. The van der Waals surface area contributed by atoms with E-state index < -0.39 is 12.8 Å². The summed E-state index contributed by atoms with van der Waals surface area (Å²) in [5.74, 6) is 0.356. The highest BCUT2D eigenvalue weighted by Crippen LogP contribution is 2.49. The van der Waals surface area contributed by atoms with Gasteiger partial charge in [-0.05, 0) is 31.1 Å². The molecule has 2 saturated carbocycles. The van der Waals surface area contributed by atoms with Gasteiger partial charge < -0.3 is 0 Å². The Morgan fingerprint density at radius 2 is 1.90 bits per heavy atom. The molecule has 0 nitrogen and oxygen atoms in total. The summed E-state index contributed by atoms with van der Waals surface area (Å²) in [6, 6.07) is 0. The molecule has 0 spiro atoms. The van der Waals surface area contributed by atoms with Crippen LogP contribution < -0.4 is 0 Å². The summed E-state index contributed by atoms with van der Waals surface area (Å²) in [5, 5.41) is 0. The number of rotatable bonds is 1. The number of halogens is 2. The van der Waals surface area contributed by atoms with Gasteiger partial charge in [-0.2, -0.15) is 0 Å². The minimum atomic E-state index is -0.816. The molecule has 0 aliphatic heterocycles. The lowest BCUT2D eigenvalue weighted by Crippen LogP contribution is -2.24. The molecule has 58 valence electrons. The second-order valence-corrected chi connectivity index (χ2v) is 3.60. The molecule has 2 aliphatic carbocycles. The van der Waals surface area contributed by atoms with Gasteiger partial charge in [-0.15, -0.1) is 0 Å². The molecular weight excluding hydrogens is 134 g/mol. The van der Waals surface area contributed by atoms with Crippen LogP contribution in [0.15, 0.2) is 0 Å². The number of hydrogen-bond donors (Lipinski definition) is 0. The lowest BCUT2D eigenvalue weighted by atomic mass is 9.88. The predicted molar refractivity (Wildman–Crippen MR) is 35.2 cm³/mol. The summed E-state index contributed by atoms with van der Waals surface area (Å²) in [5.41, 5.74) is 0. The fourth-order valence-corrected chi connectivity index (χ4v) is 2.55. The summed E-state index contributed by atoms with van der Waals surface area (Å²) in [6.45, 7) is -0.442. The summed E-state index contributed by atoms with van der Waals surface area (Å²) < 4.78 is 25.2. The number of fused-ring (bicyclic) bond motifs is 2. The summed E-state index contributed by atoms with van der Waals surface area (Å²) in [7, 11) is 0. The average Bonchev–Trinajstić information content (AvgIpc) is 2.46. The van der Waals surface area contributed by atoms with Crippen molar-refractivity contribution in [2.75, 3.05) is 6.67 Å². The van der Waals surface area contributed by atoms with E-state index in [0.29, 0.717) is 5.92 Å². The van der Waals surface area contributed by atoms with E-state index in [1.165, 1.54) is 0 Å². The summed E-state index contributed by atoms with van der Waals surface area (Å²) >= 11 is 0. The molecule has 0 aromatic carbocycles. The van der Waals surface area contributed by atoms with Crippen molar-refractivity contribution in [3.05, 3.63) is 0 Å². The molecule has 0 N–H and O–H groups in total. The zero-order valence-corrected chi connectivity index (χ0v) is 5.89. The second-order valence-electron chi connectivity index (χ2n) is 3.60. The molecule has 0 heterocycles. The van der Waals surface area contributed by atoms with Crippen LogP contribution in [-0.2, 0) is 0 Å². The van der Waals surface area contributed by atoms with Crippen molar-refractivity contribution in [3.8, 4) is 0 Å². The molecule has 4 unspecified atom stereocenters. The van der Waals surface area contributed by atoms with E-state index >= 15 is 0 Å². The van der Waals surface area contributed by atoms with Crippen molar-refractivity contribution >= 4 is 0 Å². The van der Waals surface area contributed by atoms with E-state index in [4.69, 9.17) is 0 Å². The quantitative estimate of drug-likeness (QED) is 0.532. The minimum absolute atomic E-state index is 0.214. The third-order valence-electron chi connectivity index (χ3n) is 3.16. The van der Waals surface area contributed by atoms with E-state index in [1.54, 1.807) is 0 Å². The van der Waals surface area contributed by atoms with E-state index in [1.807, 2.05) is 0 Å². The van der Waals surface area contributed by atoms with Crippen LogP contribution >= 0.6 is 0 Å². The third-order valence-corrected chi connectivity index (χ3v) is 3.16. The van der Waals surface area contributed by atoms with Crippen molar-refractivity contribution < 1.29 is 8.78 Å². The van der Waals surface area contributed by atoms with Gasteiger partial charge in [0.1, 0.15) is 6.17 Å². The van der Waals surface area contributed by atoms with E-state index in [-0.39, 0.29) is 11.8 Å². The maximum Gasteiger partial charge on any atom is 0.108 e. The zero-order chi connectivity index (χ0) is 7.14. The van der Waals surface area contributed by atoms with Crippen LogP contribution in [0.2, 0.25) is 0 Å². The van der Waals surface area contributed by atoms with Crippen molar-refractivity contribution in [1.29, 1.82) is 0 Å². The first-order chi connectivity index (χ1) is 4.83. The first-order valence-corrected chi connectivity index (χ1v) is 4.03. The molecule has 4 atom stereocenters. The zero-order valence-electron chi connectivity index (χ0n) is 5.89. The Balaban J connectivity index is 2.10. The van der Waals surface area contributed by atoms with Gasteiger partial charge in [-0.3, -0.25) is 4.39 Å². The average molecular weight is 146 g/mol. The smallest absolute Gasteiger partial charge is 0.108 e. The maximum atomic E-state index is 13.0. The van der Waals surface area contributed by atoms with Crippen LogP contribution in [-0.4, -0.2) is 12.8 Å². The molecule has 2 rings (SSSR count). The molecule has 0 amide bonds. The molecule has 10 heavy (non-hydrogen) atoms. The first kappa shape index (κ1) is 6.56. The highest BCUT2D eigenvalue weighted by Gasteiger charge is 2.47. The molecule has 0 saturated heterocycles. The number of alkyl halides is 2. The van der Waals surface area contributed by atoms with Crippen LogP contribution in [0.25, 0.3) is 0 Å². The Labute approximate surface area is 59.6 Å². The van der Waals surface area contributed by atoms with Crippen LogP contribution in [0.3, 0.4) is 0 Å². The summed E-state index contributed by atoms with van der Waals surface area (Å²) in [4.78, 5) is 0. The van der Waals surface area contributed by atoms with E-state index in [0.717, 1.165) is 19.3 Å². The highest BCUT2D eigenvalue weighted by molar-refractivity contribution is 4.96. The van der Waals surface area contributed by atoms with Gasteiger partial charge in [0.25, 0.3) is 0 Å². The van der Waals surface area contributed by atoms with Gasteiger partial charge in [0.05, 0.1) is 6.67 Å². The Bertz CT molecular complexity index is 133. The molecule has 0 aromatic heterocycles. The maximum absolute atomic E-state index is 13.0. The Hall–Kier alpha value is -0.140. The summed E-state index contributed by atoms with van der Waals surface area (Å²) in [6.07, 6.45) is 2.21. The fraction of sp³-hybridized carbons (Fsp3) is 1.00. The van der Waals surface area contributed by atoms with Crippen LogP contribution in [0.4, 0.5) is 8.78 Å². The van der Waals surface area contributed by atoms with Gasteiger partial charge in [0.2, 0.25) is 0 Å². The normalized spacial score (nSPS) is 52.2. The topological polar surface area (TPSA) is 0 Å². The Kier molecular flexibility index (Phi) is 1.43. The minimum Gasteiger partial charge on any atom is -0.251 e. The molecule has 2 aliphatic rings. The second kappa shape index (κ2) is 2.18. The Morgan fingerprint density at radius 3 is 2.30 bits per heavy atom. The van der Waals surface area contributed by atoms with Gasteiger partial charge in [-0.25, -0.2) is 4.39 Å². The van der Waals surface area contributed by atoms with Gasteiger partial charge >= 0.3 is 0 Å². The van der Waals surface area contributed by atoms with E-state index in [2.05, 4.69) is 0 Å². The van der Waals surface area contributed by atoms with Crippen molar-refractivity contribution in [2.24, 2.45) is 17.8 Å². The van der Waals surface area contributed by atoms with Gasteiger partial charge in [0.15, 0.2) is 0 Å². The third kappa shape index (κ3) is 0.708. The van der Waals surface area contributed by atoms with Crippen LogP contribution in [0.1, 0.15) is 19.3 Å². The molecule has 2 heteroatoms. The standard InChI is InChI=1S/C8H12F2/c9-4-7-5-1-2-6(3-5)8(7)10/h5-8H,1-4H2. The van der Waals surface area contributed by atoms with Crippen molar-refractivity contribution in [1.82, 2.24) is 0 Å². The molecule has 0 radical (unpaired) electrons. The molecular formula is C8H12F2. The lowest BCUT2D eigenvalue weighted by molar-refractivity contribution is 0.128.